The van der Waals surface area contributed by atoms with E-state index in [1.807, 2.05) is 54.6 Å². The van der Waals surface area contributed by atoms with Crippen molar-refractivity contribution in [1.29, 1.82) is 0 Å². The summed E-state index contributed by atoms with van der Waals surface area (Å²) >= 11 is 0. The van der Waals surface area contributed by atoms with Crippen LogP contribution >= 0.6 is 0 Å². The minimum Gasteiger partial charge on any atom is -0.387 e. The summed E-state index contributed by atoms with van der Waals surface area (Å²) in [5.41, 5.74) is 1.91. The van der Waals surface area contributed by atoms with Crippen molar-refractivity contribution in [3.8, 4) is 0 Å². The third-order valence-corrected chi connectivity index (χ3v) is 4.22. The highest BCUT2D eigenvalue weighted by Crippen LogP contribution is 2.26. The first-order valence-electron chi connectivity index (χ1n) is 7.69. The standard InChI is InChI=1S/C19H19N3O2/c1-20-17-14-11-7-8-12-15(14)22(3)19(24)16(17)18(23)21(2)13-9-5-4-6-10-13/h4-12,20H,1-3H3. The van der Waals surface area contributed by atoms with Gasteiger partial charge in [-0.05, 0) is 18.2 Å². The molecule has 0 radical (unpaired) electrons. The highest BCUT2D eigenvalue weighted by Gasteiger charge is 2.24. The molecule has 0 aliphatic carbocycles. The third-order valence-electron chi connectivity index (χ3n) is 4.22. The Balaban J connectivity index is 2.24. The summed E-state index contributed by atoms with van der Waals surface area (Å²) in [6.45, 7) is 0. The van der Waals surface area contributed by atoms with Crippen LogP contribution in [-0.2, 0) is 7.05 Å². The van der Waals surface area contributed by atoms with E-state index in [4.69, 9.17) is 0 Å². The number of carbonyl (C=O) groups is 1. The highest BCUT2D eigenvalue weighted by atomic mass is 16.2. The molecule has 0 aliphatic heterocycles. The Bertz CT molecular complexity index is 962. The van der Waals surface area contributed by atoms with Crippen molar-refractivity contribution in [2.45, 2.75) is 0 Å². The Morgan fingerprint density at radius 1 is 1.04 bits per heavy atom. The molecular formula is C19H19N3O2. The Labute approximate surface area is 140 Å². The predicted molar refractivity (Wildman–Crippen MR) is 97.9 cm³/mol. The molecule has 1 amide bonds. The van der Waals surface area contributed by atoms with Crippen LogP contribution in [0.25, 0.3) is 10.9 Å². The molecule has 0 aliphatic rings. The van der Waals surface area contributed by atoms with Gasteiger partial charge in [0.1, 0.15) is 5.56 Å². The van der Waals surface area contributed by atoms with Gasteiger partial charge in [0, 0.05) is 32.2 Å². The van der Waals surface area contributed by atoms with Crippen LogP contribution in [0.2, 0.25) is 0 Å². The lowest BCUT2D eigenvalue weighted by molar-refractivity contribution is 0.0992. The lowest BCUT2D eigenvalue weighted by atomic mass is 10.1. The summed E-state index contributed by atoms with van der Waals surface area (Å²) in [7, 11) is 5.08. The Morgan fingerprint density at radius 3 is 2.33 bits per heavy atom. The maximum absolute atomic E-state index is 13.0. The number of carbonyl (C=O) groups excluding carboxylic acids is 1. The Morgan fingerprint density at radius 2 is 1.67 bits per heavy atom. The zero-order valence-electron chi connectivity index (χ0n) is 13.9. The topological polar surface area (TPSA) is 54.3 Å². The zero-order chi connectivity index (χ0) is 17.3. The number of aromatic nitrogens is 1. The van der Waals surface area contributed by atoms with E-state index in [0.29, 0.717) is 5.69 Å². The molecule has 1 heterocycles. The second-order valence-electron chi connectivity index (χ2n) is 5.58. The lowest BCUT2D eigenvalue weighted by Gasteiger charge is -2.20. The average Bonchev–Trinajstić information content (AvgIpc) is 2.64. The van der Waals surface area contributed by atoms with Crippen molar-refractivity contribution in [2.24, 2.45) is 7.05 Å². The molecule has 3 aromatic rings. The van der Waals surface area contributed by atoms with E-state index >= 15 is 0 Å². The number of nitrogens with zero attached hydrogens (tertiary/aromatic N) is 2. The van der Waals surface area contributed by atoms with Gasteiger partial charge in [0.15, 0.2) is 0 Å². The number of aryl methyl sites for hydroxylation is 1. The van der Waals surface area contributed by atoms with Gasteiger partial charge in [0.05, 0.1) is 11.2 Å². The van der Waals surface area contributed by atoms with Crippen LogP contribution in [-0.4, -0.2) is 24.6 Å². The van der Waals surface area contributed by atoms with Crippen LogP contribution in [0.3, 0.4) is 0 Å². The monoisotopic (exact) mass is 321 g/mol. The molecule has 3 rings (SSSR count). The normalized spacial score (nSPS) is 10.6. The molecule has 24 heavy (non-hydrogen) atoms. The molecule has 0 saturated heterocycles. The Kier molecular flexibility index (Phi) is 4.08. The molecule has 0 spiro atoms. The highest BCUT2D eigenvalue weighted by molar-refractivity contribution is 6.13. The van der Waals surface area contributed by atoms with Gasteiger partial charge in [0.25, 0.3) is 11.5 Å². The largest absolute Gasteiger partial charge is 0.387 e. The molecule has 5 heteroatoms. The average molecular weight is 321 g/mol. The number of fused-ring (bicyclic) bond motifs is 1. The maximum atomic E-state index is 13.0. The van der Waals surface area contributed by atoms with Crippen LogP contribution < -0.4 is 15.8 Å². The number of amides is 1. The van der Waals surface area contributed by atoms with Gasteiger partial charge >= 0.3 is 0 Å². The second-order valence-corrected chi connectivity index (χ2v) is 5.58. The number of pyridine rings is 1. The number of rotatable bonds is 3. The van der Waals surface area contributed by atoms with Crippen molar-refractivity contribution in [1.82, 2.24) is 4.57 Å². The summed E-state index contributed by atoms with van der Waals surface area (Å²) < 4.78 is 1.52. The fraction of sp³-hybridized carbons (Fsp3) is 0.158. The zero-order valence-corrected chi connectivity index (χ0v) is 13.9. The number of hydrogen-bond acceptors (Lipinski definition) is 3. The van der Waals surface area contributed by atoms with E-state index < -0.39 is 0 Å². The molecule has 2 aromatic carbocycles. The smallest absolute Gasteiger partial charge is 0.265 e. The van der Waals surface area contributed by atoms with Crippen LogP contribution in [0.1, 0.15) is 10.4 Å². The molecule has 0 fully saturated rings. The van der Waals surface area contributed by atoms with Gasteiger partial charge in [0.2, 0.25) is 0 Å². The van der Waals surface area contributed by atoms with Crippen molar-refractivity contribution < 1.29 is 4.79 Å². The van der Waals surface area contributed by atoms with Crippen molar-refractivity contribution in [3.05, 3.63) is 70.5 Å². The lowest BCUT2D eigenvalue weighted by Crippen LogP contribution is -2.35. The summed E-state index contributed by atoms with van der Waals surface area (Å²) in [6, 6.07) is 16.8. The summed E-state index contributed by atoms with van der Waals surface area (Å²) in [5.74, 6) is -0.336. The maximum Gasteiger partial charge on any atom is 0.265 e. The van der Waals surface area contributed by atoms with Crippen LogP contribution in [0.15, 0.2) is 59.4 Å². The molecular weight excluding hydrogens is 302 g/mol. The molecule has 0 atom stereocenters. The quantitative estimate of drug-likeness (QED) is 0.807. The molecule has 122 valence electrons. The first-order chi connectivity index (χ1) is 11.6. The van der Waals surface area contributed by atoms with Crippen molar-refractivity contribution >= 4 is 28.2 Å². The minimum atomic E-state index is -0.336. The van der Waals surface area contributed by atoms with E-state index in [0.717, 1.165) is 16.6 Å². The van der Waals surface area contributed by atoms with E-state index in [2.05, 4.69) is 5.32 Å². The van der Waals surface area contributed by atoms with Gasteiger partial charge < -0.3 is 14.8 Å². The summed E-state index contributed by atoms with van der Waals surface area (Å²) in [5, 5.41) is 3.87. The predicted octanol–water partition coefficient (Wildman–Crippen LogP) is 2.86. The number of benzene rings is 2. The number of para-hydroxylation sites is 2. The number of nitrogens with one attached hydrogen (secondary N) is 1. The van der Waals surface area contributed by atoms with Gasteiger partial charge in [-0.15, -0.1) is 0 Å². The first-order valence-corrected chi connectivity index (χ1v) is 7.69. The molecule has 0 unspecified atom stereocenters. The van der Waals surface area contributed by atoms with E-state index in [9.17, 15) is 9.59 Å². The number of anilines is 2. The second kappa shape index (κ2) is 6.20. The van der Waals surface area contributed by atoms with E-state index in [-0.39, 0.29) is 17.0 Å². The fourth-order valence-corrected chi connectivity index (χ4v) is 2.89. The minimum absolute atomic E-state index is 0.144. The van der Waals surface area contributed by atoms with Gasteiger partial charge in [-0.25, -0.2) is 0 Å². The fourth-order valence-electron chi connectivity index (χ4n) is 2.89. The molecule has 5 nitrogen and oxygen atoms in total. The van der Waals surface area contributed by atoms with Crippen LogP contribution in [0.5, 0.6) is 0 Å². The van der Waals surface area contributed by atoms with Crippen LogP contribution in [0.4, 0.5) is 11.4 Å². The van der Waals surface area contributed by atoms with Crippen molar-refractivity contribution in [3.63, 3.8) is 0 Å². The summed E-state index contributed by atoms with van der Waals surface area (Å²) in [6.07, 6.45) is 0. The third kappa shape index (κ3) is 2.44. The van der Waals surface area contributed by atoms with E-state index in [1.54, 1.807) is 21.1 Å². The SMILES string of the molecule is CNc1c(C(=O)N(C)c2ccccc2)c(=O)n(C)c2ccccc12. The Hall–Kier alpha value is -3.08. The molecule has 1 N–H and O–H groups in total. The van der Waals surface area contributed by atoms with Gasteiger partial charge in [-0.1, -0.05) is 36.4 Å². The van der Waals surface area contributed by atoms with E-state index in [1.165, 1.54) is 9.47 Å². The molecule has 0 saturated carbocycles. The number of hydrogen-bond donors (Lipinski definition) is 1. The first kappa shape index (κ1) is 15.8. The van der Waals surface area contributed by atoms with Gasteiger partial charge in [-0.3, -0.25) is 9.59 Å². The molecule has 0 bridgehead atoms. The van der Waals surface area contributed by atoms with Crippen LogP contribution in [0, 0.1) is 0 Å². The van der Waals surface area contributed by atoms with Gasteiger partial charge in [-0.2, -0.15) is 0 Å². The molecule has 1 aromatic heterocycles. The summed E-state index contributed by atoms with van der Waals surface area (Å²) in [4.78, 5) is 27.3. The van der Waals surface area contributed by atoms with Crippen molar-refractivity contribution in [2.75, 3.05) is 24.3 Å².